The first-order valence-corrected chi connectivity index (χ1v) is 4.14. The van der Waals surface area contributed by atoms with Crippen molar-refractivity contribution in [3.8, 4) is 0 Å². The van der Waals surface area contributed by atoms with Crippen LogP contribution in [0.15, 0.2) is 16.8 Å². The predicted octanol–water partition coefficient (Wildman–Crippen LogP) is 1.03. The van der Waals surface area contributed by atoms with Crippen LogP contribution in [-0.4, -0.2) is 17.8 Å². The number of hydrogen-bond acceptors (Lipinski definition) is 3. The van der Waals surface area contributed by atoms with Gasteiger partial charge in [0.1, 0.15) is 0 Å². The molecule has 0 saturated carbocycles. The molecule has 0 aliphatic rings. The zero-order chi connectivity index (χ0) is 7.40. The average Bonchev–Trinajstić information content (AvgIpc) is 2.40. The minimum atomic E-state index is -0.102. The van der Waals surface area contributed by atoms with Crippen molar-refractivity contribution in [3.05, 3.63) is 22.4 Å². The summed E-state index contributed by atoms with van der Waals surface area (Å²) in [5, 5.41) is 12.7. The zero-order valence-electron chi connectivity index (χ0n) is 6.06. The predicted molar refractivity (Wildman–Crippen MR) is 50.3 cm³/mol. The maximum atomic E-state index is 8.61. The Morgan fingerprint density at radius 3 is 2.82 bits per heavy atom. The van der Waals surface area contributed by atoms with Crippen molar-refractivity contribution < 1.29 is 5.11 Å². The molecule has 0 aliphatic carbocycles. The lowest BCUT2D eigenvalue weighted by Crippen LogP contribution is -2.26. The zero-order valence-corrected chi connectivity index (χ0v) is 7.70. The third-order valence-electron chi connectivity index (χ3n) is 1.31. The standard InChI is InChI=1S/C7H11NOS.ClH/c8-7(4-9)3-6-1-2-10-5-6;/h1-2,5,7,9H,3-4,8H2;1H/t7-;/m1./s1. The van der Waals surface area contributed by atoms with Gasteiger partial charge in [-0.25, -0.2) is 0 Å². The van der Waals surface area contributed by atoms with Crippen LogP contribution >= 0.6 is 23.7 Å². The molecule has 2 nitrogen and oxygen atoms in total. The number of aliphatic hydroxyl groups is 1. The molecule has 1 heterocycles. The Morgan fingerprint density at radius 1 is 1.64 bits per heavy atom. The van der Waals surface area contributed by atoms with Gasteiger partial charge in [0, 0.05) is 6.04 Å². The van der Waals surface area contributed by atoms with E-state index in [1.165, 1.54) is 5.56 Å². The van der Waals surface area contributed by atoms with Crippen LogP contribution in [0.4, 0.5) is 0 Å². The van der Waals surface area contributed by atoms with Crippen molar-refractivity contribution in [1.82, 2.24) is 0 Å². The number of rotatable bonds is 3. The molecule has 0 saturated heterocycles. The molecule has 4 heteroatoms. The Balaban J connectivity index is 0.000001000. The Kier molecular flexibility index (Phi) is 5.50. The van der Waals surface area contributed by atoms with E-state index >= 15 is 0 Å². The van der Waals surface area contributed by atoms with E-state index in [-0.39, 0.29) is 25.1 Å². The van der Waals surface area contributed by atoms with Crippen molar-refractivity contribution in [2.75, 3.05) is 6.61 Å². The molecule has 0 fully saturated rings. The van der Waals surface area contributed by atoms with Gasteiger partial charge in [-0.1, -0.05) is 0 Å². The number of aliphatic hydroxyl groups excluding tert-OH is 1. The summed E-state index contributed by atoms with van der Waals surface area (Å²) in [7, 11) is 0. The second-order valence-corrected chi connectivity index (χ2v) is 3.06. The van der Waals surface area contributed by atoms with Crippen LogP contribution in [-0.2, 0) is 6.42 Å². The van der Waals surface area contributed by atoms with Gasteiger partial charge in [0.2, 0.25) is 0 Å². The third-order valence-corrected chi connectivity index (χ3v) is 2.04. The molecule has 0 amide bonds. The molecule has 1 aromatic rings. The van der Waals surface area contributed by atoms with E-state index in [1.54, 1.807) is 11.3 Å². The van der Waals surface area contributed by atoms with E-state index in [0.29, 0.717) is 0 Å². The minimum absolute atomic E-state index is 0. The first-order valence-electron chi connectivity index (χ1n) is 3.20. The van der Waals surface area contributed by atoms with E-state index in [1.807, 2.05) is 11.4 Å². The van der Waals surface area contributed by atoms with Gasteiger partial charge < -0.3 is 10.8 Å². The molecule has 3 N–H and O–H groups in total. The molecule has 0 bridgehead atoms. The maximum absolute atomic E-state index is 8.61. The smallest absolute Gasteiger partial charge is 0.0585 e. The monoisotopic (exact) mass is 193 g/mol. The SMILES string of the molecule is Cl.N[C@@H](CO)Cc1ccsc1. The highest BCUT2D eigenvalue weighted by Gasteiger charge is 2.00. The molecule has 0 radical (unpaired) electrons. The number of nitrogens with two attached hydrogens (primary N) is 1. The van der Waals surface area contributed by atoms with Crippen LogP contribution in [0.5, 0.6) is 0 Å². The van der Waals surface area contributed by atoms with Gasteiger partial charge in [0.05, 0.1) is 6.61 Å². The molecule has 1 atom stereocenters. The Morgan fingerprint density at radius 2 is 2.36 bits per heavy atom. The highest BCUT2D eigenvalue weighted by atomic mass is 35.5. The van der Waals surface area contributed by atoms with Crippen LogP contribution in [0.2, 0.25) is 0 Å². The van der Waals surface area contributed by atoms with Crippen LogP contribution < -0.4 is 5.73 Å². The fourth-order valence-corrected chi connectivity index (χ4v) is 1.46. The largest absolute Gasteiger partial charge is 0.395 e. The Bertz CT molecular complexity index is 179. The summed E-state index contributed by atoms with van der Waals surface area (Å²) in [4.78, 5) is 0. The van der Waals surface area contributed by atoms with Crippen LogP contribution in [0.25, 0.3) is 0 Å². The minimum Gasteiger partial charge on any atom is -0.395 e. The first kappa shape index (κ1) is 10.9. The number of hydrogen-bond donors (Lipinski definition) is 2. The quantitative estimate of drug-likeness (QED) is 0.754. The number of halogens is 1. The molecule has 0 aliphatic heterocycles. The lowest BCUT2D eigenvalue weighted by molar-refractivity contribution is 0.265. The summed E-state index contributed by atoms with van der Waals surface area (Å²) in [5.74, 6) is 0. The topological polar surface area (TPSA) is 46.2 Å². The highest BCUT2D eigenvalue weighted by Crippen LogP contribution is 2.07. The van der Waals surface area contributed by atoms with E-state index in [4.69, 9.17) is 10.8 Å². The molecular formula is C7H12ClNOS. The molecule has 0 aromatic carbocycles. The lowest BCUT2D eigenvalue weighted by atomic mass is 10.1. The lowest BCUT2D eigenvalue weighted by Gasteiger charge is -2.04. The van der Waals surface area contributed by atoms with Gasteiger partial charge in [-0.2, -0.15) is 11.3 Å². The first-order chi connectivity index (χ1) is 4.83. The van der Waals surface area contributed by atoms with Crippen LogP contribution in [0, 0.1) is 0 Å². The summed E-state index contributed by atoms with van der Waals surface area (Å²) in [6.07, 6.45) is 0.778. The van der Waals surface area contributed by atoms with E-state index < -0.39 is 0 Å². The molecule has 11 heavy (non-hydrogen) atoms. The van der Waals surface area contributed by atoms with E-state index in [9.17, 15) is 0 Å². The summed E-state index contributed by atoms with van der Waals surface area (Å²) >= 11 is 1.65. The second-order valence-electron chi connectivity index (χ2n) is 2.28. The van der Waals surface area contributed by atoms with Crippen molar-refractivity contribution >= 4 is 23.7 Å². The molecule has 1 rings (SSSR count). The summed E-state index contributed by atoms with van der Waals surface area (Å²) in [5.41, 5.74) is 6.73. The normalized spacial score (nSPS) is 12.2. The van der Waals surface area contributed by atoms with Crippen LogP contribution in [0.1, 0.15) is 5.56 Å². The molecule has 64 valence electrons. The van der Waals surface area contributed by atoms with Crippen molar-refractivity contribution in [2.24, 2.45) is 5.73 Å². The Hall–Kier alpha value is -0.0900. The molecule has 0 spiro atoms. The second kappa shape index (κ2) is 5.55. The summed E-state index contributed by atoms with van der Waals surface area (Å²) in [6.45, 7) is 0.0653. The third kappa shape index (κ3) is 3.72. The fourth-order valence-electron chi connectivity index (χ4n) is 0.776. The fraction of sp³-hybridized carbons (Fsp3) is 0.429. The van der Waals surface area contributed by atoms with Gasteiger partial charge in [-0.15, -0.1) is 12.4 Å². The average molecular weight is 194 g/mol. The van der Waals surface area contributed by atoms with Crippen molar-refractivity contribution in [2.45, 2.75) is 12.5 Å². The van der Waals surface area contributed by atoms with Gasteiger partial charge in [-0.3, -0.25) is 0 Å². The molecule has 1 aromatic heterocycles. The van der Waals surface area contributed by atoms with Gasteiger partial charge in [0.25, 0.3) is 0 Å². The van der Waals surface area contributed by atoms with E-state index in [2.05, 4.69) is 5.38 Å². The molecular weight excluding hydrogens is 182 g/mol. The molecule has 0 unspecified atom stereocenters. The number of thiophene rings is 1. The highest BCUT2D eigenvalue weighted by molar-refractivity contribution is 7.07. The van der Waals surface area contributed by atoms with Gasteiger partial charge in [0.15, 0.2) is 0 Å². The Labute approximate surface area is 76.5 Å². The summed E-state index contributed by atoms with van der Waals surface area (Å²) < 4.78 is 0. The van der Waals surface area contributed by atoms with Crippen molar-refractivity contribution in [3.63, 3.8) is 0 Å². The van der Waals surface area contributed by atoms with Crippen LogP contribution in [0.3, 0.4) is 0 Å². The van der Waals surface area contributed by atoms with Gasteiger partial charge in [-0.05, 0) is 28.8 Å². The summed E-state index contributed by atoms with van der Waals surface area (Å²) in [6, 6.07) is 1.93. The van der Waals surface area contributed by atoms with E-state index in [0.717, 1.165) is 6.42 Å². The maximum Gasteiger partial charge on any atom is 0.0585 e. The van der Waals surface area contributed by atoms with Gasteiger partial charge >= 0.3 is 0 Å². The van der Waals surface area contributed by atoms with Crippen molar-refractivity contribution in [1.29, 1.82) is 0 Å².